The summed E-state index contributed by atoms with van der Waals surface area (Å²) in [7, 11) is 0. The topological polar surface area (TPSA) is 38.5 Å². The summed E-state index contributed by atoms with van der Waals surface area (Å²) in [5.41, 5.74) is 7.87. The molecular weight excluding hydrogens is 1080 g/mol. The van der Waals surface area contributed by atoms with E-state index < -0.39 is 92.1 Å². The normalized spacial score (nSPS) is 15.9. The number of nitrogens with zero attached hydrogens (tertiary/aromatic N) is 5. The van der Waals surface area contributed by atoms with E-state index in [1.165, 1.54) is 12.1 Å². The third-order valence-corrected chi connectivity index (χ3v) is 14.7. The Morgan fingerprint density at radius 2 is 1.30 bits per heavy atom. The summed E-state index contributed by atoms with van der Waals surface area (Å²) in [6.07, 6.45) is 0. The van der Waals surface area contributed by atoms with Crippen molar-refractivity contribution in [2.45, 2.75) is 39.9 Å². The summed E-state index contributed by atoms with van der Waals surface area (Å²) in [5.74, 6) is -0.559. The van der Waals surface area contributed by atoms with Crippen LogP contribution in [0.25, 0.3) is 66.9 Å². The molecule has 2 aromatic heterocycles. The fraction of sp³-hybridized carbons (Fsp3) is 0.0909. The Hall–Kier alpha value is -8.25. The van der Waals surface area contributed by atoms with Gasteiger partial charge in [0.1, 0.15) is 0 Å². The van der Waals surface area contributed by atoms with E-state index in [4.69, 9.17) is 26.2 Å². The van der Waals surface area contributed by atoms with Crippen molar-refractivity contribution in [3.05, 3.63) is 245 Å². The molecule has 0 N–H and O–H groups in total. The van der Waals surface area contributed by atoms with E-state index in [0.29, 0.717) is 37.3 Å². The van der Waals surface area contributed by atoms with Crippen LogP contribution in [-0.4, -0.2) is 21.1 Å². The van der Waals surface area contributed by atoms with E-state index in [1.807, 2.05) is 117 Å². The molecule has 4 heterocycles. The van der Waals surface area contributed by atoms with Gasteiger partial charge < -0.3 is 0 Å². The quantitative estimate of drug-likeness (QED) is 0.112. The van der Waals surface area contributed by atoms with Gasteiger partial charge in [0.25, 0.3) is 0 Å². The Morgan fingerprint density at radius 1 is 0.595 bits per heavy atom. The second-order valence-corrected chi connectivity index (χ2v) is 20.0. The molecule has 6 nitrogen and oxygen atoms in total. The van der Waals surface area contributed by atoms with Crippen LogP contribution in [0.1, 0.15) is 58.0 Å². The molecule has 2 aliphatic heterocycles. The first kappa shape index (κ1) is 32.0. The monoisotopic (exact) mass is 1150 g/mol. The average Bonchev–Trinajstić information content (AvgIpc) is 1.64. The van der Waals surface area contributed by atoms with Crippen LogP contribution in [0, 0.1) is 29.6 Å². The van der Waals surface area contributed by atoms with Gasteiger partial charge in [-0.05, 0) is 11.6 Å². The van der Waals surface area contributed by atoms with E-state index in [-0.39, 0.29) is 39.4 Å². The number of aromatic nitrogens is 3. The SMILES string of the molecule is [2H]c1c([2H])c([2H])c(-c2cccc(-c3cccc(C(C)(C)C)c3)c2-n2[c](=[Pt])n(-c3[c-]c(Oc4nc(N5B6c7ccccc7-c7ccccc7N6c6ccc[c-]c65)ccc4-c4c([2H])c([2H])c([2H])c([2H])c4C([2H])([2H])[2H])c(C([2H])([2H])[2H])cc3)c3ccccc32)c([2H])c1[2H]. The van der Waals surface area contributed by atoms with E-state index in [9.17, 15) is 4.11 Å². The van der Waals surface area contributed by atoms with Crippen molar-refractivity contribution in [1.82, 2.24) is 14.1 Å². The van der Waals surface area contributed by atoms with Crippen LogP contribution >= 0.6 is 0 Å². The first-order chi connectivity index (χ1) is 42.3. The second-order valence-electron chi connectivity index (χ2n) is 19.0. The van der Waals surface area contributed by atoms with Gasteiger partial charge in [-0.15, -0.1) is 6.07 Å². The average molecular weight is 1150 g/mol. The summed E-state index contributed by atoms with van der Waals surface area (Å²) >= 11 is 2.15. The number of pyridine rings is 1. The molecule has 0 saturated carbocycles. The standard InChI is InChI=1S/C66H50BN5O.Pt/c1-44-21-9-10-26-50(44)55-39-40-63(72-61-36-18-17-35-60(61)71-57-32-14-12-28-54(57)53-27-11-13-31-56(53)67(71)72)68-65(55)73-62-42-49(38-37-45(62)2)69-43-70(59-34-16-15-33-58(59)69)64-51(46-22-7-6-8-23-46)29-20-30-52(64)47-24-19-25-48(41-47)66(3,4)5;/h6-35,37-41H,1-5H3;/q-2;/i1D3,2D3,6D,7D,8D,9D,10D,21D,22D,23D,26D;. The molecule has 0 unspecified atom stereocenters. The second kappa shape index (κ2) is 18.0. The Balaban J connectivity index is 1.07. The molecule has 2 aliphatic rings. The zero-order valence-electron chi connectivity index (χ0n) is 55.0. The van der Waals surface area contributed by atoms with Crippen LogP contribution in [0.2, 0.25) is 0 Å². The van der Waals surface area contributed by atoms with E-state index in [2.05, 4.69) is 69.2 Å². The third-order valence-electron chi connectivity index (χ3n) is 13.7. The van der Waals surface area contributed by atoms with Crippen molar-refractivity contribution in [3.63, 3.8) is 0 Å². The van der Waals surface area contributed by atoms with Crippen molar-refractivity contribution in [2.75, 3.05) is 9.62 Å². The van der Waals surface area contributed by atoms with Crippen molar-refractivity contribution in [2.24, 2.45) is 0 Å². The Kier molecular flexibility index (Phi) is 7.82. The van der Waals surface area contributed by atoms with Gasteiger partial charge in [0.05, 0.1) is 1.37 Å². The Labute approximate surface area is 465 Å². The minimum absolute atomic E-state index is 0.0273. The first-order valence-corrected chi connectivity index (χ1v) is 25.1. The molecule has 0 aliphatic carbocycles. The predicted octanol–water partition coefficient (Wildman–Crippen LogP) is 15.9. The third kappa shape index (κ3) is 7.52. The van der Waals surface area contributed by atoms with Crippen molar-refractivity contribution < 1.29 is 44.7 Å². The van der Waals surface area contributed by atoms with E-state index in [0.717, 1.165) is 39.1 Å². The zero-order valence-corrected chi connectivity index (χ0v) is 42.3. The molecule has 11 aromatic rings. The molecule has 74 heavy (non-hydrogen) atoms. The fourth-order valence-corrected chi connectivity index (χ4v) is 11.3. The summed E-state index contributed by atoms with van der Waals surface area (Å²) in [6, 6.07) is 49.9. The molecule has 360 valence electrons. The maximum atomic E-state index is 9.35. The number of hydrogen-bond donors (Lipinski definition) is 0. The van der Waals surface area contributed by atoms with Gasteiger partial charge in [-0.1, -0.05) is 42.5 Å². The molecule has 0 spiro atoms. The Bertz CT molecular complexity index is 4830. The van der Waals surface area contributed by atoms with Crippen LogP contribution < -0.4 is 19.8 Å². The summed E-state index contributed by atoms with van der Waals surface area (Å²) in [6.45, 7) is -0.288. The van der Waals surface area contributed by atoms with Gasteiger partial charge in [0.2, 0.25) is 0 Å². The molecule has 8 heteroatoms. The molecule has 0 fully saturated rings. The van der Waals surface area contributed by atoms with Crippen LogP contribution in [0.15, 0.2) is 212 Å². The van der Waals surface area contributed by atoms with Crippen molar-refractivity contribution >= 4 is 46.4 Å². The molecular formula is C66H50BN5OPt-2. The molecule has 9 aromatic carbocycles. The number of fused-ring (bicyclic) bond motifs is 9. The summed E-state index contributed by atoms with van der Waals surface area (Å²) < 4.78 is 145. The van der Waals surface area contributed by atoms with Gasteiger partial charge in [-0.2, -0.15) is 12.1 Å². The van der Waals surface area contributed by atoms with Crippen LogP contribution in [-0.2, 0) is 24.8 Å². The molecule has 0 saturated heterocycles. The maximum absolute atomic E-state index is 9.35. The van der Waals surface area contributed by atoms with Gasteiger partial charge in [0, 0.05) is 11.3 Å². The number of hydrogen-bond acceptors (Lipinski definition) is 4. The molecule has 0 radical (unpaired) electrons. The number of aryl methyl sites for hydroxylation is 1. The number of benzene rings is 9. The van der Waals surface area contributed by atoms with Crippen molar-refractivity contribution in [1.29, 1.82) is 0 Å². The van der Waals surface area contributed by atoms with Crippen LogP contribution in [0.5, 0.6) is 11.6 Å². The van der Waals surface area contributed by atoms with Crippen molar-refractivity contribution in [3.8, 4) is 67.5 Å². The number of imidazole rings is 1. The Morgan fingerprint density at radius 3 is 2.12 bits per heavy atom. The first-order valence-electron chi connectivity index (χ1n) is 31.4. The number of ether oxygens (including phenoxy) is 1. The zero-order chi connectivity index (χ0) is 63.1. The van der Waals surface area contributed by atoms with Gasteiger partial charge in [-0.3, -0.25) is 0 Å². The summed E-state index contributed by atoms with van der Waals surface area (Å²) in [4.78, 5) is 9.31. The molecule has 13 rings (SSSR count). The number of rotatable bonds is 8. The van der Waals surface area contributed by atoms with E-state index in [1.54, 1.807) is 30.3 Å². The number of anilines is 4. The van der Waals surface area contributed by atoms with Crippen LogP contribution in [0.4, 0.5) is 22.9 Å². The molecule has 0 atom stereocenters. The van der Waals surface area contributed by atoms with E-state index >= 15 is 0 Å². The predicted molar refractivity (Wildman–Crippen MR) is 300 cm³/mol. The van der Waals surface area contributed by atoms with Gasteiger partial charge >= 0.3 is 382 Å². The van der Waals surface area contributed by atoms with Crippen LogP contribution in [0.3, 0.4) is 0 Å². The minimum atomic E-state index is -3.11. The summed E-state index contributed by atoms with van der Waals surface area (Å²) in [5, 5.41) is 0. The molecule has 0 bridgehead atoms. The molecule has 0 amide bonds. The number of para-hydroxylation sites is 5. The fourth-order valence-electron chi connectivity index (χ4n) is 10.3. The van der Waals surface area contributed by atoms with Gasteiger partial charge in [-0.25, -0.2) is 0 Å². The van der Waals surface area contributed by atoms with Gasteiger partial charge in [0.15, 0.2) is 0 Å².